The Balaban J connectivity index is 0.00000363. The first kappa shape index (κ1) is 26.4. The molecule has 2 N–H and O–H groups in total. The molecule has 32 heavy (non-hydrogen) atoms. The Kier molecular flexibility index (Phi) is 11.3. The summed E-state index contributed by atoms with van der Waals surface area (Å²) >= 11 is 5.97. The third-order valence-corrected chi connectivity index (χ3v) is 5.67. The predicted octanol–water partition coefficient (Wildman–Crippen LogP) is 3.75. The van der Waals surface area contributed by atoms with E-state index in [9.17, 15) is 4.79 Å². The van der Waals surface area contributed by atoms with Gasteiger partial charge in [-0.05, 0) is 36.1 Å². The number of aliphatic imine (C=N–C) groups is 1. The molecule has 1 fully saturated rings. The van der Waals surface area contributed by atoms with Gasteiger partial charge in [-0.15, -0.1) is 24.0 Å². The number of likely N-dealkylation sites (tertiary alicyclic amines) is 1. The van der Waals surface area contributed by atoms with Crippen LogP contribution in [0.25, 0.3) is 0 Å². The number of hydrogen-bond donors (Lipinski definition) is 2. The number of halogens is 2. The zero-order valence-corrected chi connectivity index (χ0v) is 21.8. The van der Waals surface area contributed by atoms with Crippen LogP contribution in [-0.4, -0.2) is 61.4 Å². The van der Waals surface area contributed by atoms with Crippen LogP contribution in [0.1, 0.15) is 24.0 Å². The quantitative estimate of drug-likeness (QED) is 0.303. The zero-order chi connectivity index (χ0) is 22.1. The molecule has 1 aliphatic heterocycles. The Morgan fingerprint density at radius 1 is 1.06 bits per heavy atom. The van der Waals surface area contributed by atoms with Crippen LogP contribution in [-0.2, 0) is 17.9 Å². The van der Waals surface area contributed by atoms with Crippen LogP contribution in [0.2, 0.25) is 5.02 Å². The van der Waals surface area contributed by atoms with Crippen molar-refractivity contribution in [1.82, 2.24) is 20.4 Å². The molecule has 0 bridgehead atoms. The molecule has 1 amide bonds. The van der Waals surface area contributed by atoms with Gasteiger partial charge in [-0.2, -0.15) is 0 Å². The molecule has 0 saturated carbocycles. The highest BCUT2D eigenvalue weighted by atomic mass is 127. The lowest BCUT2D eigenvalue weighted by molar-refractivity contribution is -0.127. The average Bonchev–Trinajstić information content (AvgIpc) is 2.78. The summed E-state index contributed by atoms with van der Waals surface area (Å²) < 4.78 is 0. The van der Waals surface area contributed by atoms with Crippen LogP contribution in [0, 0.1) is 0 Å². The van der Waals surface area contributed by atoms with Crippen LogP contribution < -0.4 is 10.6 Å². The van der Waals surface area contributed by atoms with Crippen molar-refractivity contribution in [3.63, 3.8) is 0 Å². The van der Waals surface area contributed by atoms with E-state index in [2.05, 4.69) is 45.9 Å². The summed E-state index contributed by atoms with van der Waals surface area (Å²) in [6.45, 7) is 3.80. The molecule has 0 radical (unpaired) electrons. The number of guanidine groups is 1. The van der Waals surface area contributed by atoms with Crippen LogP contribution >= 0.6 is 35.6 Å². The number of amides is 1. The first-order chi connectivity index (χ1) is 15.0. The monoisotopic (exact) mass is 569 g/mol. The van der Waals surface area contributed by atoms with Crippen molar-refractivity contribution in [2.75, 3.05) is 33.7 Å². The highest BCUT2D eigenvalue weighted by molar-refractivity contribution is 14.0. The van der Waals surface area contributed by atoms with E-state index in [1.165, 1.54) is 5.56 Å². The smallest absolute Gasteiger partial charge is 0.241 e. The molecule has 8 heteroatoms. The standard InChI is InChI=1S/C24H32ClN5O.HI/c1-29(2)23(31)17-27-24(26-16-19-8-10-21(25)11-9-19)28-22-12-14-30(15-13-22)18-20-6-4-3-5-7-20;/h3-11,22H,12-18H2,1-2H3,(H2,26,27,28);1H. The second kappa shape index (κ2) is 13.6. The molecule has 0 aromatic heterocycles. The Morgan fingerprint density at radius 3 is 2.34 bits per heavy atom. The maximum absolute atomic E-state index is 12.0. The van der Waals surface area contributed by atoms with Crippen molar-refractivity contribution in [2.45, 2.75) is 32.0 Å². The number of piperidine rings is 1. The van der Waals surface area contributed by atoms with E-state index in [1.807, 2.05) is 24.3 Å². The Bertz CT molecular complexity index is 852. The fraction of sp³-hybridized carbons (Fsp3) is 0.417. The maximum Gasteiger partial charge on any atom is 0.241 e. The van der Waals surface area contributed by atoms with Gasteiger partial charge in [0.15, 0.2) is 5.96 Å². The lowest BCUT2D eigenvalue weighted by atomic mass is 10.0. The normalized spacial score (nSPS) is 15.0. The third-order valence-electron chi connectivity index (χ3n) is 5.42. The van der Waals surface area contributed by atoms with Crippen LogP contribution in [0.5, 0.6) is 0 Å². The van der Waals surface area contributed by atoms with E-state index in [-0.39, 0.29) is 36.4 Å². The number of nitrogens with one attached hydrogen (secondary N) is 2. The van der Waals surface area contributed by atoms with Crippen molar-refractivity contribution >= 4 is 47.4 Å². The third kappa shape index (κ3) is 8.96. The number of likely N-dealkylation sites (N-methyl/N-ethyl adjacent to an activating group) is 1. The van der Waals surface area contributed by atoms with Gasteiger partial charge in [-0.3, -0.25) is 9.69 Å². The fourth-order valence-corrected chi connectivity index (χ4v) is 3.63. The molecule has 174 valence electrons. The van der Waals surface area contributed by atoms with Crippen LogP contribution in [0.3, 0.4) is 0 Å². The summed E-state index contributed by atoms with van der Waals surface area (Å²) in [5.41, 5.74) is 2.42. The van der Waals surface area contributed by atoms with Gasteiger partial charge in [0, 0.05) is 44.8 Å². The van der Waals surface area contributed by atoms with E-state index in [4.69, 9.17) is 16.6 Å². The molecule has 3 rings (SSSR count). The lowest BCUT2D eigenvalue weighted by Crippen LogP contribution is -2.50. The van der Waals surface area contributed by atoms with Gasteiger partial charge in [0.25, 0.3) is 0 Å². The minimum Gasteiger partial charge on any atom is -0.354 e. The Morgan fingerprint density at radius 2 is 1.72 bits per heavy atom. The number of hydrogen-bond acceptors (Lipinski definition) is 3. The molecule has 2 aromatic carbocycles. The summed E-state index contributed by atoms with van der Waals surface area (Å²) in [6, 6.07) is 18.6. The van der Waals surface area contributed by atoms with Gasteiger partial charge >= 0.3 is 0 Å². The summed E-state index contributed by atoms with van der Waals surface area (Å²) in [5, 5.41) is 7.43. The number of carbonyl (C=O) groups is 1. The lowest BCUT2D eigenvalue weighted by Gasteiger charge is -2.33. The van der Waals surface area contributed by atoms with Gasteiger partial charge in [-0.25, -0.2) is 4.99 Å². The van der Waals surface area contributed by atoms with Crippen molar-refractivity contribution in [3.05, 3.63) is 70.7 Å². The van der Waals surface area contributed by atoms with Crippen molar-refractivity contribution in [2.24, 2.45) is 4.99 Å². The SMILES string of the molecule is CN(C)C(=O)CNC(=NCc1ccc(Cl)cc1)NC1CCN(Cc2ccccc2)CC1.I. The van der Waals surface area contributed by atoms with Gasteiger partial charge < -0.3 is 15.5 Å². The number of nitrogens with zero attached hydrogens (tertiary/aromatic N) is 3. The molecule has 2 aromatic rings. The van der Waals surface area contributed by atoms with E-state index in [0.717, 1.165) is 38.0 Å². The zero-order valence-electron chi connectivity index (χ0n) is 18.8. The first-order valence-corrected chi connectivity index (χ1v) is 11.1. The summed E-state index contributed by atoms with van der Waals surface area (Å²) in [6.07, 6.45) is 2.08. The van der Waals surface area contributed by atoms with Gasteiger partial charge in [0.2, 0.25) is 5.91 Å². The molecule has 6 nitrogen and oxygen atoms in total. The summed E-state index contributed by atoms with van der Waals surface area (Å²) in [5.74, 6) is 0.685. The topological polar surface area (TPSA) is 60.0 Å². The second-order valence-corrected chi connectivity index (χ2v) is 8.55. The number of rotatable bonds is 7. The van der Waals surface area contributed by atoms with Crippen molar-refractivity contribution in [1.29, 1.82) is 0 Å². The highest BCUT2D eigenvalue weighted by Crippen LogP contribution is 2.14. The largest absolute Gasteiger partial charge is 0.354 e. The second-order valence-electron chi connectivity index (χ2n) is 8.11. The molecular weight excluding hydrogens is 537 g/mol. The van der Waals surface area contributed by atoms with Gasteiger partial charge in [0.1, 0.15) is 0 Å². The van der Waals surface area contributed by atoms with Crippen LogP contribution in [0.4, 0.5) is 0 Å². The molecule has 0 unspecified atom stereocenters. The van der Waals surface area contributed by atoms with E-state index in [0.29, 0.717) is 23.6 Å². The van der Waals surface area contributed by atoms with Crippen molar-refractivity contribution < 1.29 is 4.79 Å². The molecule has 0 aliphatic carbocycles. The van der Waals surface area contributed by atoms with E-state index >= 15 is 0 Å². The first-order valence-electron chi connectivity index (χ1n) is 10.8. The highest BCUT2D eigenvalue weighted by Gasteiger charge is 2.20. The van der Waals surface area contributed by atoms with Crippen molar-refractivity contribution in [3.8, 4) is 0 Å². The molecule has 1 heterocycles. The van der Waals surface area contributed by atoms with Gasteiger partial charge in [-0.1, -0.05) is 54.1 Å². The molecular formula is C24H33ClIN5O. The fourth-order valence-electron chi connectivity index (χ4n) is 3.50. The van der Waals surface area contributed by atoms with E-state index in [1.54, 1.807) is 19.0 Å². The van der Waals surface area contributed by atoms with E-state index < -0.39 is 0 Å². The summed E-state index contributed by atoms with van der Waals surface area (Å²) in [7, 11) is 3.51. The number of carbonyl (C=O) groups excluding carboxylic acids is 1. The molecule has 0 spiro atoms. The molecule has 1 saturated heterocycles. The average molecular weight is 570 g/mol. The summed E-state index contributed by atoms with van der Waals surface area (Å²) in [4.78, 5) is 20.8. The Labute approximate surface area is 213 Å². The maximum atomic E-state index is 12.0. The molecule has 0 atom stereocenters. The molecule has 1 aliphatic rings. The number of benzene rings is 2. The predicted molar refractivity (Wildman–Crippen MR) is 143 cm³/mol. The minimum atomic E-state index is 0. The van der Waals surface area contributed by atoms with Crippen LogP contribution in [0.15, 0.2) is 59.6 Å². The van der Waals surface area contributed by atoms with Gasteiger partial charge in [0.05, 0.1) is 13.1 Å². The minimum absolute atomic E-state index is 0. The Hall–Kier alpha value is -1.84.